The Morgan fingerprint density at radius 2 is 2.05 bits per heavy atom. The monoisotopic (exact) mass is 261 g/mol. The van der Waals surface area contributed by atoms with Crippen LogP contribution in [0, 0.1) is 5.92 Å². The summed E-state index contributed by atoms with van der Waals surface area (Å²) in [5.74, 6) is 0.463. The fraction of sp³-hybridized carbons (Fsp3) is 0.467. The van der Waals surface area contributed by atoms with Crippen LogP contribution in [0.2, 0.25) is 0 Å². The van der Waals surface area contributed by atoms with Crippen molar-refractivity contribution in [3.8, 4) is 0 Å². The lowest BCUT2D eigenvalue weighted by Gasteiger charge is -2.34. The zero-order valence-corrected chi connectivity index (χ0v) is 11.1. The number of anilines is 1. The van der Waals surface area contributed by atoms with E-state index in [1.54, 1.807) is 24.3 Å². The molecule has 0 aromatic heterocycles. The summed E-state index contributed by atoms with van der Waals surface area (Å²) in [5.41, 5.74) is 1.34. The number of carbonyl (C=O) groups is 2. The van der Waals surface area contributed by atoms with Gasteiger partial charge in [0.15, 0.2) is 0 Å². The van der Waals surface area contributed by atoms with Crippen LogP contribution in [-0.4, -0.2) is 24.9 Å². The van der Waals surface area contributed by atoms with Crippen LogP contribution >= 0.6 is 0 Å². The first kappa shape index (κ1) is 13.7. The third kappa shape index (κ3) is 3.89. The van der Waals surface area contributed by atoms with Gasteiger partial charge in [0.2, 0.25) is 5.91 Å². The molecule has 4 nitrogen and oxygen atoms in total. The molecule has 102 valence electrons. The zero-order chi connectivity index (χ0) is 13.7. The second-order valence-electron chi connectivity index (χ2n) is 4.91. The third-order valence-corrected chi connectivity index (χ3v) is 3.40. The van der Waals surface area contributed by atoms with Gasteiger partial charge in [-0.3, -0.25) is 9.59 Å². The molecule has 0 radical (unpaired) electrons. The Bertz CT molecular complexity index is 435. The van der Waals surface area contributed by atoms with E-state index in [-0.39, 0.29) is 5.91 Å². The summed E-state index contributed by atoms with van der Waals surface area (Å²) in [4.78, 5) is 22.3. The van der Waals surface area contributed by atoms with E-state index >= 15 is 0 Å². The molecule has 4 heteroatoms. The Morgan fingerprint density at radius 1 is 1.37 bits per heavy atom. The van der Waals surface area contributed by atoms with E-state index in [1.807, 2.05) is 6.92 Å². The molecule has 19 heavy (non-hydrogen) atoms. The van der Waals surface area contributed by atoms with Crippen molar-refractivity contribution in [2.24, 2.45) is 5.92 Å². The summed E-state index contributed by atoms with van der Waals surface area (Å²) in [6, 6.07) is 6.87. The highest BCUT2D eigenvalue weighted by Gasteiger charge is 2.30. The first-order valence-electron chi connectivity index (χ1n) is 6.68. The number of ether oxygens (including phenoxy) is 1. The number of aldehydes is 1. The maximum atomic E-state index is 11.8. The minimum Gasteiger partial charge on any atom is -0.378 e. The molecule has 0 aliphatic heterocycles. The van der Waals surface area contributed by atoms with E-state index < -0.39 is 0 Å². The topological polar surface area (TPSA) is 55.4 Å². The summed E-state index contributed by atoms with van der Waals surface area (Å²) in [7, 11) is 0. The van der Waals surface area contributed by atoms with Crippen LogP contribution in [0.1, 0.15) is 36.5 Å². The molecular weight excluding hydrogens is 242 g/mol. The number of amides is 1. The number of hydrogen-bond donors (Lipinski definition) is 1. The second kappa shape index (κ2) is 6.48. The van der Waals surface area contributed by atoms with Gasteiger partial charge in [-0.2, -0.15) is 0 Å². The highest BCUT2D eigenvalue weighted by atomic mass is 16.5. The van der Waals surface area contributed by atoms with Gasteiger partial charge in [-0.25, -0.2) is 0 Å². The predicted molar refractivity (Wildman–Crippen MR) is 73.2 cm³/mol. The smallest absolute Gasteiger partial charge is 0.224 e. The Balaban J connectivity index is 1.74. The van der Waals surface area contributed by atoms with Crippen LogP contribution in [0.25, 0.3) is 0 Å². The van der Waals surface area contributed by atoms with Gasteiger partial charge in [0.25, 0.3) is 0 Å². The Hall–Kier alpha value is -1.68. The van der Waals surface area contributed by atoms with E-state index in [4.69, 9.17) is 4.74 Å². The molecular formula is C15H19NO3. The lowest BCUT2D eigenvalue weighted by Crippen LogP contribution is -2.33. The number of rotatable bonds is 6. The number of hydrogen-bond acceptors (Lipinski definition) is 3. The lowest BCUT2D eigenvalue weighted by atomic mass is 9.80. The van der Waals surface area contributed by atoms with Gasteiger partial charge in [-0.05, 0) is 49.9 Å². The van der Waals surface area contributed by atoms with Crippen molar-refractivity contribution in [3.63, 3.8) is 0 Å². The first-order valence-corrected chi connectivity index (χ1v) is 6.68. The van der Waals surface area contributed by atoms with Crippen LogP contribution in [0.15, 0.2) is 24.3 Å². The fourth-order valence-electron chi connectivity index (χ4n) is 2.33. The Labute approximate surface area is 113 Å². The molecule has 1 aromatic rings. The maximum absolute atomic E-state index is 11.8. The summed E-state index contributed by atoms with van der Waals surface area (Å²) in [6.07, 6.45) is 3.62. The minimum atomic E-state index is 0.0267. The molecule has 1 aromatic carbocycles. The molecule has 0 unspecified atom stereocenters. The molecule has 1 aliphatic rings. The van der Waals surface area contributed by atoms with E-state index in [2.05, 4.69) is 5.32 Å². The van der Waals surface area contributed by atoms with E-state index in [0.717, 1.165) is 31.4 Å². The van der Waals surface area contributed by atoms with Gasteiger partial charge >= 0.3 is 0 Å². The van der Waals surface area contributed by atoms with Gasteiger partial charge in [0.1, 0.15) is 6.29 Å². The molecule has 2 rings (SSSR count). The fourth-order valence-corrected chi connectivity index (χ4v) is 2.33. The van der Waals surface area contributed by atoms with Crippen LogP contribution in [0.3, 0.4) is 0 Å². The van der Waals surface area contributed by atoms with Crippen molar-refractivity contribution in [1.29, 1.82) is 0 Å². The molecule has 1 N–H and O–H groups in total. The van der Waals surface area contributed by atoms with Gasteiger partial charge in [0.05, 0.1) is 6.10 Å². The number of nitrogens with one attached hydrogen (secondary N) is 1. The molecule has 1 aliphatic carbocycles. The van der Waals surface area contributed by atoms with Crippen molar-refractivity contribution >= 4 is 17.9 Å². The summed E-state index contributed by atoms with van der Waals surface area (Å²) >= 11 is 0. The van der Waals surface area contributed by atoms with Gasteiger partial charge in [-0.15, -0.1) is 0 Å². The average Bonchev–Trinajstić information content (AvgIpc) is 2.37. The normalized spacial score (nSPS) is 21.5. The third-order valence-electron chi connectivity index (χ3n) is 3.40. The van der Waals surface area contributed by atoms with Crippen molar-refractivity contribution in [1.82, 2.24) is 0 Å². The Morgan fingerprint density at radius 3 is 2.63 bits per heavy atom. The molecule has 0 saturated heterocycles. The van der Waals surface area contributed by atoms with Gasteiger partial charge in [0, 0.05) is 24.3 Å². The van der Waals surface area contributed by atoms with E-state index in [1.165, 1.54) is 0 Å². The number of benzene rings is 1. The van der Waals surface area contributed by atoms with Gasteiger partial charge < -0.3 is 10.1 Å². The second-order valence-corrected chi connectivity index (χ2v) is 4.91. The molecule has 1 fully saturated rings. The van der Waals surface area contributed by atoms with E-state index in [9.17, 15) is 9.59 Å². The van der Waals surface area contributed by atoms with Crippen LogP contribution in [0.5, 0.6) is 0 Å². The van der Waals surface area contributed by atoms with Crippen LogP contribution in [0.4, 0.5) is 5.69 Å². The van der Waals surface area contributed by atoms with Crippen molar-refractivity contribution in [2.45, 2.75) is 32.3 Å². The Kier molecular flexibility index (Phi) is 4.68. The zero-order valence-electron chi connectivity index (χ0n) is 11.1. The average molecular weight is 261 g/mol. The van der Waals surface area contributed by atoms with Gasteiger partial charge in [-0.1, -0.05) is 0 Å². The first-order chi connectivity index (χ1) is 9.21. The van der Waals surface area contributed by atoms with Crippen LogP contribution < -0.4 is 5.32 Å². The lowest BCUT2D eigenvalue weighted by molar-refractivity contribution is -0.119. The minimum absolute atomic E-state index is 0.0267. The standard InChI is InChI=1S/C15H19NO3/c1-2-19-14-7-12(8-14)9-15(18)16-13-5-3-11(10-17)4-6-13/h3-6,10,12,14H,2,7-9H2,1H3,(H,16,18). The highest BCUT2D eigenvalue weighted by Crippen LogP contribution is 2.32. The van der Waals surface area contributed by atoms with Crippen molar-refractivity contribution < 1.29 is 14.3 Å². The maximum Gasteiger partial charge on any atom is 0.224 e. The predicted octanol–water partition coefficient (Wildman–Crippen LogP) is 2.64. The highest BCUT2D eigenvalue weighted by molar-refractivity contribution is 5.91. The summed E-state index contributed by atoms with van der Waals surface area (Å²) < 4.78 is 5.47. The largest absolute Gasteiger partial charge is 0.378 e. The molecule has 1 amide bonds. The molecule has 0 bridgehead atoms. The van der Waals surface area contributed by atoms with Crippen LogP contribution in [-0.2, 0) is 9.53 Å². The van der Waals surface area contributed by atoms with E-state index in [0.29, 0.717) is 24.0 Å². The number of carbonyl (C=O) groups excluding carboxylic acids is 2. The quantitative estimate of drug-likeness (QED) is 0.801. The molecule has 1 saturated carbocycles. The SMILES string of the molecule is CCOC1CC(CC(=O)Nc2ccc(C=O)cc2)C1. The summed E-state index contributed by atoms with van der Waals surface area (Å²) in [5, 5.41) is 2.84. The molecule has 0 heterocycles. The van der Waals surface area contributed by atoms with Crippen molar-refractivity contribution in [2.75, 3.05) is 11.9 Å². The molecule has 0 atom stereocenters. The summed E-state index contributed by atoms with van der Waals surface area (Å²) in [6.45, 7) is 2.73. The van der Waals surface area contributed by atoms with Crippen molar-refractivity contribution in [3.05, 3.63) is 29.8 Å². The molecule has 0 spiro atoms.